The maximum atomic E-state index is 13.4. The minimum Gasteiger partial charge on any atom is -0.293 e. The Morgan fingerprint density at radius 2 is 1.68 bits per heavy atom. The number of rotatable bonds is 3. The molecule has 0 saturated heterocycles. The number of imidazole rings is 1. The van der Waals surface area contributed by atoms with E-state index in [4.69, 9.17) is 11.6 Å². The van der Waals surface area contributed by atoms with E-state index < -0.39 is 5.41 Å². The van der Waals surface area contributed by atoms with Crippen LogP contribution in [0.2, 0.25) is 5.02 Å². The Bertz CT molecular complexity index is 1960. The van der Waals surface area contributed by atoms with E-state index in [0.717, 1.165) is 38.5 Å². The van der Waals surface area contributed by atoms with Crippen LogP contribution in [0.25, 0.3) is 49.7 Å². The van der Waals surface area contributed by atoms with Crippen molar-refractivity contribution in [3.05, 3.63) is 100 Å². The Kier molecular flexibility index (Phi) is 5.15. The normalized spacial score (nSPS) is 11.9. The summed E-state index contributed by atoms with van der Waals surface area (Å²) in [6.07, 6.45) is 3.52. The molecule has 0 atom stereocenters. The average molecular weight is 504 g/mol. The predicted molar refractivity (Wildman–Crippen MR) is 148 cm³/mol. The summed E-state index contributed by atoms with van der Waals surface area (Å²) >= 11 is 6.74. The largest absolute Gasteiger partial charge is 0.333 e. The lowest BCUT2D eigenvalue weighted by Crippen LogP contribution is -2.21. The number of benzene rings is 3. The first-order chi connectivity index (χ1) is 17.8. The van der Waals surface area contributed by atoms with Gasteiger partial charge in [0.25, 0.3) is 0 Å². The molecule has 180 valence electrons. The standard InChI is InChI=1S/C30H22ClN5O/c1-30(2,17-32)20-8-10-21(11-9-20)36-28-23-13-22(19-12-18-6-4-5-7-25(18)33-15-19)24(31)14-26(23)34-16-27(28)35(3)29(36)37/h4-16H,1-3H3. The minimum absolute atomic E-state index is 0.180. The molecule has 0 saturated carbocycles. The SMILES string of the molecule is Cn1c(=O)n(-c2ccc(C(C)(C)C#N)cc2)c2c3cc(-c4cnc5ccccc5c4)c(Cl)cc3ncc21. The van der Waals surface area contributed by atoms with Crippen molar-refractivity contribution in [3.63, 3.8) is 0 Å². The molecule has 0 spiro atoms. The average Bonchev–Trinajstić information content (AvgIpc) is 3.18. The number of pyridine rings is 2. The molecule has 0 bridgehead atoms. The summed E-state index contributed by atoms with van der Waals surface area (Å²) in [7, 11) is 1.74. The van der Waals surface area contributed by atoms with Crippen LogP contribution in [-0.4, -0.2) is 19.1 Å². The first kappa shape index (κ1) is 23.0. The van der Waals surface area contributed by atoms with E-state index >= 15 is 0 Å². The van der Waals surface area contributed by atoms with Crippen LogP contribution in [0.3, 0.4) is 0 Å². The summed E-state index contributed by atoms with van der Waals surface area (Å²) in [5.41, 5.74) is 5.55. The number of nitriles is 1. The summed E-state index contributed by atoms with van der Waals surface area (Å²) in [5.74, 6) is 0. The molecule has 7 heteroatoms. The van der Waals surface area contributed by atoms with Crippen LogP contribution < -0.4 is 5.69 Å². The van der Waals surface area contributed by atoms with Gasteiger partial charge in [-0.25, -0.2) is 4.79 Å². The van der Waals surface area contributed by atoms with Gasteiger partial charge >= 0.3 is 5.69 Å². The summed E-state index contributed by atoms with van der Waals surface area (Å²) in [5, 5.41) is 11.9. The second kappa shape index (κ2) is 8.29. The van der Waals surface area contributed by atoms with E-state index in [-0.39, 0.29) is 5.69 Å². The van der Waals surface area contributed by atoms with Gasteiger partial charge in [-0.1, -0.05) is 41.9 Å². The maximum Gasteiger partial charge on any atom is 0.333 e. The van der Waals surface area contributed by atoms with Gasteiger partial charge in [-0.15, -0.1) is 0 Å². The Balaban J connectivity index is 1.62. The van der Waals surface area contributed by atoms with Crippen LogP contribution in [0.15, 0.2) is 83.9 Å². The molecule has 0 fully saturated rings. The van der Waals surface area contributed by atoms with Gasteiger partial charge in [0, 0.05) is 35.1 Å². The molecule has 0 unspecified atom stereocenters. The molecule has 3 aromatic heterocycles. The van der Waals surface area contributed by atoms with Crippen molar-refractivity contribution >= 4 is 44.4 Å². The van der Waals surface area contributed by atoms with Crippen LogP contribution in [-0.2, 0) is 12.5 Å². The van der Waals surface area contributed by atoms with Gasteiger partial charge in [0.2, 0.25) is 0 Å². The lowest BCUT2D eigenvalue weighted by Gasteiger charge is -2.16. The van der Waals surface area contributed by atoms with E-state index in [9.17, 15) is 10.1 Å². The highest BCUT2D eigenvalue weighted by atomic mass is 35.5. The molecule has 3 aromatic carbocycles. The van der Waals surface area contributed by atoms with Crippen molar-refractivity contribution in [2.45, 2.75) is 19.3 Å². The monoisotopic (exact) mass is 503 g/mol. The summed E-state index contributed by atoms with van der Waals surface area (Å²) < 4.78 is 3.29. The molecule has 0 aliphatic carbocycles. The van der Waals surface area contributed by atoms with E-state index in [0.29, 0.717) is 21.7 Å². The number of fused-ring (bicyclic) bond motifs is 4. The zero-order valence-corrected chi connectivity index (χ0v) is 21.3. The molecule has 0 aliphatic rings. The zero-order valence-electron chi connectivity index (χ0n) is 20.5. The first-order valence-corrected chi connectivity index (χ1v) is 12.2. The third kappa shape index (κ3) is 3.59. The number of hydrogen-bond acceptors (Lipinski definition) is 4. The molecule has 6 rings (SSSR count). The third-order valence-electron chi connectivity index (χ3n) is 7.00. The van der Waals surface area contributed by atoms with Crippen molar-refractivity contribution in [2.75, 3.05) is 0 Å². The van der Waals surface area contributed by atoms with Crippen LogP contribution in [0, 0.1) is 11.3 Å². The number of aromatic nitrogens is 4. The molecule has 6 aromatic rings. The molecule has 0 N–H and O–H groups in total. The smallest absolute Gasteiger partial charge is 0.293 e. The Hall–Kier alpha value is -4.47. The highest BCUT2D eigenvalue weighted by Crippen LogP contribution is 2.36. The van der Waals surface area contributed by atoms with E-state index in [1.807, 2.05) is 80.7 Å². The fraction of sp³-hybridized carbons (Fsp3) is 0.133. The topological polar surface area (TPSA) is 76.5 Å². The third-order valence-corrected chi connectivity index (χ3v) is 7.31. The van der Waals surface area contributed by atoms with E-state index in [1.165, 1.54) is 0 Å². The number of halogens is 1. The minimum atomic E-state index is -0.627. The zero-order chi connectivity index (χ0) is 25.9. The Morgan fingerprint density at radius 1 is 0.946 bits per heavy atom. The molecule has 37 heavy (non-hydrogen) atoms. The molecular weight excluding hydrogens is 482 g/mol. The molecule has 0 amide bonds. The Morgan fingerprint density at radius 3 is 2.43 bits per heavy atom. The van der Waals surface area contributed by atoms with Gasteiger partial charge < -0.3 is 0 Å². The summed E-state index contributed by atoms with van der Waals surface area (Å²) in [6.45, 7) is 3.75. The number of aryl methyl sites for hydroxylation is 1. The second-order valence-corrected chi connectivity index (χ2v) is 10.1. The van der Waals surface area contributed by atoms with Crippen molar-refractivity contribution in [3.8, 4) is 22.9 Å². The highest BCUT2D eigenvalue weighted by molar-refractivity contribution is 6.34. The van der Waals surface area contributed by atoms with Crippen molar-refractivity contribution in [2.24, 2.45) is 7.05 Å². The van der Waals surface area contributed by atoms with Crippen LogP contribution in [0.4, 0.5) is 0 Å². The highest BCUT2D eigenvalue weighted by Gasteiger charge is 2.21. The molecule has 6 nitrogen and oxygen atoms in total. The first-order valence-electron chi connectivity index (χ1n) is 11.9. The fourth-order valence-corrected chi connectivity index (χ4v) is 5.06. The second-order valence-electron chi connectivity index (χ2n) is 9.72. The van der Waals surface area contributed by atoms with Crippen molar-refractivity contribution in [1.29, 1.82) is 5.26 Å². The molecule has 0 aliphatic heterocycles. The van der Waals surface area contributed by atoms with Crippen molar-refractivity contribution in [1.82, 2.24) is 19.1 Å². The molecule has 3 heterocycles. The molecule has 0 radical (unpaired) electrons. The van der Waals surface area contributed by atoms with Gasteiger partial charge in [0.1, 0.15) is 0 Å². The van der Waals surface area contributed by atoms with Gasteiger partial charge in [0.05, 0.1) is 50.5 Å². The lowest BCUT2D eigenvalue weighted by molar-refractivity contribution is 0.686. The van der Waals surface area contributed by atoms with Crippen LogP contribution in [0.5, 0.6) is 0 Å². The number of para-hydroxylation sites is 1. The lowest BCUT2D eigenvalue weighted by atomic mass is 9.86. The quantitative estimate of drug-likeness (QED) is 0.274. The van der Waals surface area contributed by atoms with Crippen molar-refractivity contribution < 1.29 is 0 Å². The summed E-state index contributed by atoms with van der Waals surface area (Å²) in [4.78, 5) is 22.7. The van der Waals surface area contributed by atoms with Crippen LogP contribution >= 0.6 is 11.6 Å². The number of nitrogens with zero attached hydrogens (tertiary/aromatic N) is 5. The predicted octanol–water partition coefficient (Wildman–Crippen LogP) is 6.55. The van der Waals surface area contributed by atoms with Gasteiger partial charge in [-0.2, -0.15) is 5.26 Å². The maximum absolute atomic E-state index is 13.4. The fourth-order valence-electron chi connectivity index (χ4n) is 4.79. The van der Waals surface area contributed by atoms with Gasteiger partial charge in [0.15, 0.2) is 0 Å². The Labute approximate surface area is 218 Å². The molecular formula is C30H22ClN5O. The summed E-state index contributed by atoms with van der Waals surface area (Å²) in [6, 6.07) is 23.7. The van der Waals surface area contributed by atoms with Gasteiger partial charge in [-0.3, -0.25) is 19.1 Å². The van der Waals surface area contributed by atoms with E-state index in [1.54, 1.807) is 22.4 Å². The van der Waals surface area contributed by atoms with Crippen LogP contribution in [0.1, 0.15) is 19.4 Å². The van der Waals surface area contributed by atoms with E-state index in [2.05, 4.69) is 22.1 Å². The van der Waals surface area contributed by atoms with Gasteiger partial charge in [-0.05, 0) is 55.8 Å². The number of hydrogen-bond donors (Lipinski definition) is 0.